The zero-order valence-corrected chi connectivity index (χ0v) is 7.81. The van der Waals surface area contributed by atoms with Gasteiger partial charge in [0.1, 0.15) is 5.78 Å². The van der Waals surface area contributed by atoms with Gasteiger partial charge in [0.25, 0.3) is 0 Å². The second kappa shape index (κ2) is 6.35. The fraction of sp³-hybridized carbons (Fsp3) is 0.889. The van der Waals surface area contributed by atoms with Gasteiger partial charge in [0.2, 0.25) is 0 Å². The molecule has 0 aliphatic carbocycles. The van der Waals surface area contributed by atoms with E-state index in [0.717, 1.165) is 19.4 Å². The first-order valence-electron chi connectivity index (χ1n) is 4.42. The van der Waals surface area contributed by atoms with Crippen LogP contribution in [0.4, 0.5) is 0 Å². The van der Waals surface area contributed by atoms with Crippen molar-refractivity contribution in [2.24, 2.45) is 0 Å². The molecule has 0 bridgehead atoms. The van der Waals surface area contributed by atoms with Gasteiger partial charge in [-0.2, -0.15) is 0 Å². The van der Waals surface area contributed by atoms with E-state index < -0.39 is 0 Å². The van der Waals surface area contributed by atoms with Crippen LogP contribution in [0.1, 0.15) is 41.5 Å². The van der Waals surface area contributed by atoms with Crippen LogP contribution in [0.3, 0.4) is 0 Å². The van der Waals surface area contributed by atoms with Crippen molar-refractivity contribution in [2.75, 3.05) is 6.54 Å². The van der Waals surface area contributed by atoms with Crippen LogP contribution < -0.4 is 5.32 Å². The van der Waals surface area contributed by atoms with Crippen molar-refractivity contribution in [1.82, 2.24) is 5.32 Å². The lowest BCUT2D eigenvalue weighted by molar-refractivity contribution is -0.118. The van der Waals surface area contributed by atoms with Gasteiger partial charge >= 0.3 is 0 Å². The molecule has 68 valence electrons. The molecule has 0 spiro atoms. The minimum Gasteiger partial charge on any atom is -0.315 e. The summed E-state index contributed by atoms with van der Waals surface area (Å²) < 4.78 is 0. The van der Waals surface area contributed by atoms with E-state index in [1.54, 1.807) is 0 Å². The molecule has 0 atom stereocenters. The first-order valence-corrected chi connectivity index (χ1v) is 4.42. The molecular weight excluding hydrogens is 138 g/mol. The largest absolute Gasteiger partial charge is 0.315 e. The number of carbonyl (C=O) groups is 1. The van der Waals surface area contributed by atoms with Gasteiger partial charge in [0.05, 0.1) is 0 Å². The summed E-state index contributed by atoms with van der Waals surface area (Å²) in [5.41, 5.74) is 0. The molecule has 0 fully saturated rings. The average Bonchev–Trinajstić information content (AvgIpc) is 1.97. The van der Waals surface area contributed by atoms with Crippen molar-refractivity contribution in [3.8, 4) is 0 Å². The number of hydrogen-bond acceptors (Lipinski definition) is 2. The maximum absolute atomic E-state index is 10.8. The molecule has 0 heterocycles. The zero-order chi connectivity index (χ0) is 8.69. The van der Waals surface area contributed by atoms with E-state index in [2.05, 4.69) is 19.2 Å². The molecule has 1 N–H and O–H groups in total. The van der Waals surface area contributed by atoms with Crippen molar-refractivity contribution in [3.05, 3.63) is 0 Å². The molecule has 0 aromatic heterocycles. The summed E-state index contributed by atoms with van der Waals surface area (Å²) in [4.78, 5) is 10.8. The standard InChI is InChI=1S/C9H19NO.H2/c1-4-9(11)6-5-7-10-8(2)3;/h8,10H,4-7H2,1-3H3;1H. The molecule has 0 aliphatic rings. The van der Waals surface area contributed by atoms with E-state index in [-0.39, 0.29) is 1.43 Å². The second-order valence-electron chi connectivity index (χ2n) is 3.10. The lowest BCUT2D eigenvalue weighted by atomic mass is 10.2. The van der Waals surface area contributed by atoms with Gasteiger partial charge in [-0.3, -0.25) is 4.79 Å². The van der Waals surface area contributed by atoms with Gasteiger partial charge in [-0.05, 0) is 13.0 Å². The first-order chi connectivity index (χ1) is 5.16. The van der Waals surface area contributed by atoms with Gasteiger partial charge in [0, 0.05) is 20.3 Å². The predicted octanol–water partition coefficient (Wildman–Crippen LogP) is 1.99. The third-order valence-electron chi connectivity index (χ3n) is 1.58. The summed E-state index contributed by atoms with van der Waals surface area (Å²) in [6.07, 6.45) is 2.39. The van der Waals surface area contributed by atoms with Crippen LogP contribution >= 0.6 is 0 Å². The lowest BCUT2D eigenvalue weighted by Gasteiger charge is -2.06. The van der Waals surface area contributed by atoms with Crippen LogP contribution in [0, 0.1) is 0 Å². The van der Waals surface area contributed by atoms with Gasteiger partial charge in [0.15, 0.2) is 0 Å². The molecule has 11 heavy (non-hydrogen) atoms. The zero-order valence-electron chi connectivity index (χ0n) is 7.81. The number of rotatable bonds is 6. The fourth-order valence-electron chi connectivity index (χ4n) is 0.853. The van der Waals surface area contributed by atoms with Crippen LogP contribution in [0.15, 0.2) is 0 Å². The number of ketones is 1. The fourth-order valence-corrected chi connectivity index (χ4v) is 0.853. The van der Waals surface area contributed by atoms with E-state index >= 15 is 0 Å². The topological polar surface area (TPSA) is 29.1 Å². The second-order valence-corrected chi connectivity index (χ2v) is 3.10. The Labute approximate surface area is 70.9 Å². The maximum Gasteiger partial charge on any atom is 0.132 e. The molecule has 0 saturated carbocycles. The van der Waals surface area contributed by atoms with Crippen LogP contribution in [-0.4, -0.2) is 18.4 Å². The highest BCUT2D eigenvalue weighted by Gasteiger charge is 1.97. The van der Waals surface area contributed by atoms with E-state index in [9.17, 15) is 4.79 Å². The Balaban J connectivity index is 0. The Morgan fingerprint density at radius 1 is 1.55 bits per heavy atom. The van der Waals surface area contributed by atoms with Crippen molar-refractivity contribution >= 4 is 5.78 Å². The van der Waals surface area contributed by atoms with Crippen molar-refractivity contribution in [2.45, 2.75) is 46.1 Å². The molecule has 2 nitrogen and oxygen atoms in total. The highest BCUT2D eigenvalue weighted by molar-refractivity contribution is 5.77. The molecule has 0 saturated heterocycles. The van der Waals surface area contributed by atoms with E-state index in [0.29, 0.717) is 18.2 Å². The number of carbonyl (C=O) groups excluding carboxylic acids is 1. The van der Waals surface area contributed by atoms with Crippen LogP contribution in [0.25, 0.3) is 0 Å². The SMILES string of the molecule is CCC(=O)CCCNC(C)C.[HH]. The van der Waals surface area contributed by atoms with Crippen molar-refractivity contribution in [1.29, 1.82) is 0 Å². The third-order valence-corrected chi connectivity index (χ3v) is 1.58. The molecule has 0 aliphatic heterocycles. The summed E-state index contributed by atoms with van der Waals surface area (Å²) in [5.74, 6) is 0.371. The summed E-state index contributed by atoms with van der Waals surface area (Å²) >= 11 is 0. The average molecular weight is 159 g/mol. The molecule has 0 unspecified atom stereocenters. The van der Waals surface area contributed by atoms with Gasteiger partial charge in [-0.25, -0.2) is 0 Å². The number of hydrogen-bond donors (Lipinski definition) is 1. The lowest BCUT2D eigenvalue weighted by Crippen LogP contribution is -2.24. The van der Waals surface area contributed by atoms with Crippen molar-refractivity contribution < 1.29 is 6.22 Å². The smallest absolute Gasteiger partial charge is 0.132 e. The van der Waals surface area contributed by atoms with E-state index in [1.165, 1.54) is 0 Å². The molecule has 0 radical (unpaired) electrons. The van der Waals surface area contributed by atoms with Crippen LogP contribution in [-0.2, 0) is 4.79 Å². The Bertz CT molecular complexity index is 115. The number of Topliss-reactive ketones (excluding diaryl/α,β-unsaturated/α-hetero) is 1. The third kappa shape index (κ3) is 7.53. The summed E-state index contributed by atoms with van der Waals surface area (Å²) in [6, 6.07) is 0.534. The Morgan fingerprint density at radius 2 is 2.18 bits per heavy atom. The molecular formula is C9H21NO. The summed E-state index contributed by atoms with van der Waals surface area (Å²) in [6.45, 7) is 7.10. The predicted molar refractivity (Wildman–Crippen MR) is 49.8 cm³/mol. The van der Waals surface area contributed by atoms with Crippen molar-refractivity contribution in [3.63, 3.8) is 0 Å². The Kier molecular flexibility index (Phi) is 6.13. The minimum absolute atomic E-state index is 0. The molecule has 2 heteroatoms. The summed E-state index contributed by atoms with van der Waals surface area (Å²) in [7, 11) is 0. The van der Waals surface area contributed by atoms with Gasteiger partial charge < -0.3 is 5.32 Å². The maximum atomic E-state index is 10.8. The Hall–Kier alpha value is -0.370. The van der Waals surface area contributed by atoms with Crippen LogP contribution in [0.5, 0.6) is 0 Å². The normalized spacial score (nSPS) is 10.5. The molecule has 0 aromatic rings. The molecule has 0 amide bonds. The molecule has 0 rings (SSSR count). The van der Waals surface area contributed by atoms with Crippen LogP contribution in [0.2, 0.25) is 0 Å². The quantitative estimate of drug-likeness (QED) is 0.600. The number of nitrogens with one attached hydrogen (secondary N) is 1. The minimum atomic E-state index is 0. The first kappa shape index (κ1) is 10.6. The van der Waals surface area contributed by atoms with Gasteiger partial charge in [-0.15, -0.1) is 0 Å². The highest BCUT2D eigenvalue weighted by atomic mass is 16.1. The summed E-state index contributed by atoms with van der Waals surface area (Å²) in [5, 5.41) is 3.27. The molecule has 0 aromatic carbocycles. The van der Waals surface area contributed by atoms with E-state index in [1.807, 2.05) is 6.92 Å². The highest BCUT2D eigenvalue weighted by Crippen LogP contribution is 1.93. The Morgan fingerprint density at radius 3 is 2.64 bits per heavy atom. The van der Waals surface area contributed by atoms with E-state index in [4.69, 9.17) is 0 Å². The van der Waals surface area contributed by atoms with Gasteiger partial charge in [-0.1, -0.05) is 20.8 Å². The monoisotopic (exact) mass is 159 g/mol.